The maximum Gasteiger partial charge on any atom is 0.252 e. The Kier molecular flexibility index (Phi) is 4.38. The SMILES string of the molecule is Cn1ncc2c(C(=O)NC3CCOCC3)cc(-c3ccc(F)cc3)nc21. The van der Waals surface area contributed by atoms with Crippen LogP contribution in [0.1, 0.15) is 23.2 Å². The number of benzene rings is 1. The zero-order valence-corrected chi connectivity index (χ0v) is 14.4. The third kappa shape index (κ3) is 3.17. The molecule has 2 aromatic heterocycles. The Labute approximate surface area is 150 Å². The number of aryl methyl sites for hydroxylation is 1. The van der Waals surface area contributed by atoms with Gasteiger partial charge in [-0.2, -0.15) is 5.10 Å². The van der Waals surface area contributed by atoms with Crippen molar-refractivity contribution in [1.82, 2.24) is 20.1 Å². The van der Waals surface area contributed by atoms with Crippen molar-refractivity contribution < 1.29 is 13.9 Å². The van der Waals surface area contributed by atoms with Crippen molar-refractivity contribution in [2.24, 2.45) is 7.05 Å². The fraction of sp³-hybridized carbons (Fsp3) is 0.316. The van der Waals surface area contributed by atoms with E-state index in [0.29, 0.717) is 35.5 Å². The summed E-state index contributed by atoms with van der Waals surface area (Å²) < 4.78 is 20.2. The number of amides is 1. The predicted octanol–water partition coefficient (Wildman–Crippen LogP) is 2.68. The first kappa shape index (κ1) is 16.7. The zero-order chi connectivity index (χ0) is 18.1. The van der Waals surface area contributed by atoms with Crippen LogP contribution >= 0.6 is 0 Å². The Morgan fingerprint density at radius 1 is 1.27 bits per heavy atom. The normalized spacial score (nSPS) is 15.3. The molecule has 3 heterocycles. The van der Waals surface area contributed by atoms with Gasteiger partial charge in [0.05, 0.1) is 22.8 Å². The number of hydrogen-bond acceptors (Lipinski definition) is 4. The minimum atomic E-state index is -0.312. The van der Waals surface area contributed by atoms with Gasteiger partial charge in [0.15, 0.2) is 5.65 Å². The molecule has 1 aromatic carbocycles. The van der Waals surface area contributed by atoms with Crippen LogP contribution in [0.3, 0.4) is 0 Å². The summed E-state index contributed by atoms with van der Waals surface area (Å²) in [7, 11) is 1.78. The summed E-state index contributed by atoms with van der Waals surface area (Å²) in [6, 6.07) is 7.91. The molecule has 0 atom stereocenters. The summed E-state index contributed by atoms with van der Waals surface area (Å²) in [5, 5.41) is 8.01. The number of hydrogen-bond donors (Lipinski definition) is 1. The van der Waals surface area contributed by atoms with E-state index in [1.54, 1.807) is 36.1 Å². The molecule has 1 N–H and O–H groups in total. The molecule has 26 heavy (non-hydrogen) atoms. The largest absolute Gasteiger partial charge is 0.381 e. The molecule has 3 aromatic rings. The van der Waals surface area contributed by atoms with Crippen molar-refractivity contribution in [2.75, 3.05) is 13.2 Å². The standard InChI is InChI=1S/C19H19FN4O2/c1-24-18-16(11-21-24)15(19(25)22-14-6-8-26-9-7-14)10-17(23-18)12-2-4-13(20)5-3-12/h2-5,10-11,14H,6-9H2,1H3,(H,22,25). The number of halogens is 1. The van der Waals surface area contributed by atoms with Crippen molar-refractivity contribution >= 4 is 16.9 Å². The Balaban J connectivity index is 1.74. The lowest BCUT2D eigenvalue weighted by Crippen LogP contribution is -2.39. The van der Waals surface area contributed by atoms with Gasteiger partial charge in [-0.15, -0.1) is 0 Å². The Bertz CT molecular complexity index is 946. The van der Waals surface area contributed by atoms with Crippen LogP contribution in [0.5, 0.6) is 0 Å². The van der Waals surface area contributed by atoms with Gasteiger partial charge in [0.1, 0.15) is 5.82 Å². The summed E-state index contributed by atoms with van der Waals surface area (Å²) in [5.74, 6) is -0.464. The molecule has 4 rings (SSSR count). The van der Waals surface area contributed by atoms with Gasteiger partial charge in [-0.05, 0) is 43.2 Å². The van der Waals surface area contributed by atoms with Crippen molar-refractivity contribution in [1.29, 1.82) is 0 Å². The van der Waals surface area contributed by atoms with Crippen LogP contribution in [0, 0.1) is 5.82 Å². The molecule has 0 radical (unpaired) electrons. The second kappa shape index (κ2) is 6.84. The van der Waals surface area contributed by atoms with Gasteiger partial charge >= 0.3 is 0 Å². The summed E-state index contributed by atoms with van der Waals surface area (Å²) in [6.45, 7) is 1.31. The number of carbonyl (C=O) groups is 1. The van der Waals surface area contributed by atoms with E-state index >= 15 is 0 Å². The van der Waals surface area contributed by atoms with E-state index in [4.69, 9.17) is 4.74 Å². The minimum absolute atomic E-state index is 0.102. The van der Waals surface area contributed by atoms with Crippen molar-refractivity contribution in [3.63, 3.8) is 0 Å². The third-order valence-corrected chi connectivity index (χ3v) is 4.65. The van der Waals surface area contributed by atoms with Crippen LogP contribution in [-0.4, -0.2) is 39.9 Å². The quantitative estimate of drug-likeness (QED) is 0.785. The highest BCUT2D eigenvalue weighted by Crippen LogP contribution is 2.25. The first-order valence-corrected chi connectivity index (χ1v) is 8.59. The van der Waals surface area contributed by atoms with Gasteiger partial charge < -0.3 is 10.1 Å². The molecule has 6 nitrogen and oxygen atoms in total. The number of fused-ring (bicyclic) bond motifs is 1. The number of nitrogens with one attached hydrogen (secondary N) is 1. The van der Waals surface area contributed by atoms with E-state index in [0.717, 1.165) is 18.4 Å². The average Bonchev–Trinajstić information content (AvgIpc) is 3.03. The second-order valence-electron chi connectivity index (χ2n) is 6.43. The van der Waals surface area contributed by atoms with Gasteiger partial charge in [-0.1, -0.05) is 0 Å². The highest BCUT2D eigenvalue weighted by Gasteiger charge is 2.21. The molecule has 0 saturated carbocycles. The molecule has 1 saturated heterocycles. The monoisotopic (exact) mass is 354 g/mol. The average molecular weight is 354 g/mol. The van der Waals surface area contributed by atoms with E-state index < -0.39 is 0 Å². The number of carbonyl (C=O) groups excluding carboxylic acids is 1. The van der Waals surface area contributed by atoms with E-state index in [9.17, 15) is 9.18 Å². The lowest BCUT2D eigenvalue weighted by atomic mass is 10.0. The molecule has 0 unspecified atom stereocenters. The maximum absolute atomic E-state index is 13.2. The van der Waals surface area contributed by atoms with Crippen LogP contribution < -0.4 is 5.32 Å². The lowest BCUT2D eigenvalue weighted by Gasteiger charge is -2.23. The van der Waals surface area contributed by atoms with Gasteiger partial charge in [0, 0.05) is 31.9 Å². The van der Waals surface area contributed by atoms with E-state index in [1.807, 2.05) is 0 Å². The zero-order valence-electron chi connectivity index (χ0n) is 14.4. The minimum Gasteiger partial charge on any atom is -0.381 e. The predicted molar refractivity (Wildman–Crippen MR) is 95.2 cm³/mol. The molecule has 0 aliphatic carbocycles. The van der Waals surface area contributed by atoms with Crippen molar-refractivity contribution in [3.8, 4) is 11.3 Å². The van der Waals surface area contributed by atoms with Crippen LogP contribution in [0.2, 0.25) is 0 Å². The Morgan fingerprint density at radius 3 is 2.73 bits per heavy atom. The second-order valence-corrected chi connectivity index (χ2v) is 6.43. The van der Waals surface area contributed by atoms with Crippen LogP contribution in [0.15, 0.2) is 36.5 Å². The Hall–Kier alpha value is -2.80. The van der Waals surface area contributed by atoms with Gasteiger partial charge in [0.25, 0.3) is 5.91 Å². The molecular formula is C19H19FN4O2. The fourth-order valence-electron chi connectivity index (χ4n) is 3.18. The summed E-state index contributed by atoms with van der Waals surface area (Å²) in [5.41, 5.74) is 2.49. The van der Waals surface area contributed by atoms with Gasteiger partial charge in [0.2, 0.25) is 0 Å². The number of aromatic nitrogens is 3. The van der Waals surface area contributed by atoms with E-state index in [-0.39, 0.29) is 17.8 Å². The molecular weight excluding hydrogens is 335 g/mol. The smallest absolute Gasteiger partial charge is 0.252 e. The highest BCUT2D eigenvalue weighted by molar-refractivity contribution is 6.06. The van der Waals surface area contributed by atoms with Crippen LogP contribution in [0.4, 0.5) is 4.39 Å². The summed E-state index contributed by atoms with van der Waals surface area (Å²) in [4.78, 5) is 17.5. The highest BCUT2D eigenvalue weighted by atomic mass is 19.1. The number of nitrogens with zero attached hydrogens (tertiary/aromatic N) is 3. The summed E-state index contributed by atoms with van der Waals surface area (Å²) in [6.07, 6.45) is 3.26. The van der Waals surface area contributed by atoms with E-state index in [1.165, 1.54) is 12.1 Å². The first-order chi connectivity index (χ1) is 12.6. The van der Waals surface area contributed by atoms with Crippen molar-refractivity contribution in [2.45, 2.75) is 18.9 Å². The number of pyridine rings is 1. The third-order valence-electron chi connectivity index (χ3n) is 4.65. The molecule has 1 fully saturated rings. The lowest BCUT2D eigenvalue weighted by molar-refractivity contribution is 0.0697. The maximum atomic E-state index is 13.2. The van der Waals surface area contributed by atoms with Crippen LogP contribution in [0.25, 0.3) is 22.3 Å². The number of ether oxygens (including phenoxy) is 1. The van der Waals surface area contributed by atoms with Crippen LogP contribution in [-0.2, 0) is 11.8 Å². The first-order valence-electron chi connectivity index (χ1n) is 8.59. The molecule has 0 spiro atoms. The molecule has 1 amide bonds. The number of rotatable bonds is 3. The molecule has 1 aliphatic rings. The van der Waals surface area contributed by atoms with Crippen molar-refractivity contribution in [3.05, 3.63) is 47.9 Å². The summed E-state index contributed by atoms with van der Waals surface area (Å²) >= 11 is 0. The topological polar surface area (TPSA) is 69.0 Å². The van der Waals surface area contributed by atoms with Gasteiger partial charge in [-0.25, -0.2) is 9.37 Å². The molecule has 7 heteroatoms. The molecule has 1 aliphatic heterocycles. The van der Waals surface area contributed by atoms with Gasteiger partial charge in [-0.3, -0.25) is 9.48 Å². The molecule has 0 bridgehead atoms. The molecule has 134 valence electrons. The fourth-order valence-corrected chi connectivity index (χ4v) is 3.18. The Morgan fingerprint density at radius 2 is 2.00 bits per heavy atom. The van der Waals surface area contributed by atoms with E-state index in [2.05, 4.69) is 15.4 Å².